The highest BCUT2D eigenvalue weighted by Gasteiger charge is 2.18. The number of hydrogen-bond acceptors (Lipinski definition) is 4. The van der Waals surface area contributed by atoms with E-state index in [9.17, 15) is 4.79 Å². The number of hydrogen-bond donors (Lipinski definition) is 0. The molecule has 1 aliphatic rings. The largest absolute Gasteiger partial charge is 0.297 e. The van der Waals surface area contributed by atoms with Gasteiger partial charge in [-0.2, -0.15) is 4.41 Å². The van der Waals surface area contributed by atoms with Crippen molar-refractivity contribution in [3.05, 3.63) is 11.0 Å². The van der Waals surface area contributed by atoms with Crippen LogP contribution in [0.1, 0.15) is 13.8 Å². The van der Waals surface area contributed by atoms with E-state index in [2.05, 4.69) is 23.3 Å². The Balaban J connectivity index is 2.43. The van der Waals surface area contributed by atoms with Gasteiger partial charge in [-0.25, -0.2) is 5.01 Å². The van der Waals surface area contributed by atoms with Crippen molar-refractivity contribution < 1.29 is 4.79 Å². The summed E-state index contributed by atoms with van der Waals surface area (Å²) < 4.78 is 2.11. The molecule has 1 heterocycles. The maximum Gasteiger partial charge on any atom is 0.157 e. The molecule has 0 aromatic heterocycles. The van der Waals surface area contributed by atoms with Crippen LogP contribution in [0, 0.1) is 0 Å². The van der Waals surface area contributed by atoms with Crippen LogP contribution < -0.4 is 0 Å². The zero-order valence-corrected chi connectivity index (χ0v) is 8.30. The van der Waals surface area contributed by atoms with Gasteiger partial charge in [0.1, 0.15) is 0 Å². The smallest absolute Gasteiger partial charge is 0.157 e. The summed E-state index contributed by atoms with van der Waals surface area (Å²) in [6, 6.07) is 0. The molecule has 0 aromatic carbocycles. The van der Waals surface area contributed by atoms with Gasteiger partial charge < -0.3 is 0 Å². The molecule has 3 nitrogen and oxygen atoms in total. The third-order valence-corrected chi connectivity index (χ3v) is 2.89. The highest BCUT2D eigenvalue weighted by molar-refractivity contribution is 8.01. The van der Waals surface area contributed by atoms with E-state index in [1.165, 1.54) is 11.9 Å². The van der Waals surface area contributed by atoms with E-state index in [1.807, 2.05) is 6.08 Å². The second-order valence-electron chi connectivity index (χ2n) is 2.49. The van der Waals surface area contributed by atoms with Gasteiger partial charge >= 0.3 is 0 Å². The van der Waals surface area contributed by atoms with Gasteiger partial charge in [0.2, 0.25) is 0 Å². The molecule has 0 fully saturated rings. The topological polar surface area (TPSA) is 23.6 Å². The summed E-state index contributed by atoms with van der Waals surface area (Å²) in [5.74, 6) is 0. The number of hydrazine groups is 1. The first kappa shape index (κ1) is 9.77. The lowest BCUT2D eigenvalue weighted by Gasteiger charge is -2.27. The Morgan fingerprint density at radius 2 is 2.33 bits per heavy atom. The lowest BCUT2D eigenvalue weighted by Crippen LogP contribution is -2.36. The molecule has 0 atom stereocenters. The Morgan fingerprint density at radius 1 is 1.67 bits per heavy atom. The van der Waals surface area contributed by atoms with Crippen LogP contribution in [0.4, 0.5) is 0 Å². The Morgan fingerprint density at radius 3 is 2.75 bits per heavy atom. The molecule has 0 radical (unpaired) electrons. The minimum absolute atomic E-state index is 0.821. The molecule has 0 amide bonds. The van der Waals surface area contributed by atoms with E-state index in [1.54, 1.807) is 0 Å². The predicted molar refractivity (Wildman–Crippen MR) is 51.4 cm³/mol. The third-order valence-electron chi connectivity index (χ3n) is 1.82. The van der Waals surface area contributed by atoms with Crippen LogP contribution in [0.5, 0.6) is 0 Å². The highest BCUT2D eigenvalue weighted by Crippen LogP contribution is 2.27. The molecule has 0 N–H and O–H groups in total. The van der Waals surface area contributed by atoms with Crippen LogP contribution in [0.3, 0.4) is 0 Å². The molecule has 12 heavy (non-hydrogen) atoms. The summed E-state index contributed by atoms with van der Waals surface area (Å²) in [5.41, 5.74) is 0. The van der Waals surface area contributed by atoms with Crippen molar-refractivity contribution in [2.75, 3.05) is 19.6 Å². The molecule has 68 valence electrons. The van der Waals surface area contributed by atoms with E-state index in [0.29, 0.717) is 0 Å². The molecule has 0 aromatic rings. The first-order valence-electron chi connectivity index (χ1n) is 4.17. The summed E-state index contributed by atoms with van der Waals surface area (Å²) in [6.07, 6.45) is 2.87. The van der Waals surface area contributed by atoms with E-state index in [0.717, 1.165) is 30.8 Å². The standard InChI is InChI=1S/C8H14N2OS/c1-3-9(4-2)10-6-5-8(7-11)12-10/h5,7H,3-4,6H2,1-2H3. The number of allylic oxidation sites excluding steroid dienone is 1. The summed E-state index contributed by atoms with van der Waals surface area (Å²) in [5, 5.41) is 2.21. The maximum absolute atomic E-state index is 10.4. The SMILES string of the molecule is CCN(CC)N1CC=C(C=O)S1. The molecular weight excluding hydrogens is 172 g/mol. The molecule has 0 unspecified atom stereocenters. The molecule has 0 aliphatic carbocycles. The van der Waals surface area contributed by atoms with Gasteiger partial charge in [-0.1, -0.05) is 13.8 Å². The lowest BCUT2D eigenvalue weighted by atomic mass is 10.5. The number of aldehydes is 1. The maximum atomic E-state index is 10.4. The monoisotopic (exact) mass is 186 g/mol. The average molecular weight is 186 g/mol. The predicted octanol–water partition coefficient (Wildman–Crippen LogP) is 1.29. The van der Waals surface area contributed by atoms with E-state index in [4.69, 9.17) is 0 Å². The normalized spacial score (nSPS) is 18.4. The van der Waals surface area contributed by atoms with Gasteiger partial charge in [-0.15, -0.1) is 0 Å². The van der Waals surface area contributed by atoms with Crippen LogP contribution in [0.15, 0.2) is 11.0 Å². The van der Waals surface area contributed by atoms with Gasteiger partial charge in [0.25, 0.3) is 0 Å². The van der Waals surface area contributed by atoms with Gasteiger partial charge in [0.15, 0.2) is 6.29 Å². The zero-order chi connectivity index (χ0) is 8.97. The van der Waals surface area contributed by atoms with E-state index >= 15 is 0 Å². The first-order valence-corrected chi connectivity index (χ1v) is 4.94. The summed E-state index contributed by atoms with van der Waals surface area (Å²) in [7, 11) is 0. The van der Waals surface area contributed by atoms with Crippen molar-refractivity contribution in [2.24, 2.45) is 0 Å². The van der Waals surface area contributed by atoms with Crippen molar-refractivity contribution in [1.82, 2.24) is 9.42 Å². The van der Waals surface area contributed by atoms with Crippen LogP contribution in [-0.4, -0.2) is 35.3 Å². The fraction of sp³-hybridized carbons (Fsp3) is 0.625. The van der Waals surface area contributed by atoms with E-state index in [-0.39, 0.29) is 0 Å². The Kier molecular flexibility index (Phi) is 3.78. The quantitative estimate of drug-likeness (QED) is 0.487. The summed E-state index contributed by atoms with van der Waals surface area (Å²) in [4.78, 5) is 11.2. The summed E-state index contributed by atoms with van der Waals surface area (Å²) >= 11 is 1.52. The second-order valence-corrected chi connectivity index (χ2v) is 3.56. The van der Waals surface area contributed by atoms with E-state index < -0.39 is 0 Å². The van der Waals surface area contributed by atoms with Crippen molar-refractivity contribution in [3.8, 4) is 0 Å². The van der Waals surface area contributed by atoms with Crippen molar-refractivity contribution in [2.45, 2.75) is 13.8 Å². The second kappa shape index (κ2) is 4.64. The fourth-order valence-corrected chi connectivity index (χ4v) is 2.08. The van der Waals surface area contributed by atoms with Gasteiger partial charge in [-0.05, 0) is 18.0 Å². The number of rotatable bonds is 4. The molecule has 4 heteroatoms. The van der Waals surface area contributed by atoms with Crippen molar-refractivity contribution in [1.29, 1.82) is 0 Å². The molecular formula is C8H14N2OS. The molecule has 1 aliphatic heterocycles. The number of nitrogens with zero attached hydrogens (tertiary/aromatic N) is 2. The third kappa shape index (κ3) is 2.09. The molecule has 0 spiro atoms. The molecule has 1 rings (SSSR count). The minimum atomic E-state index is 0.821. The molecule has 0 saturated heterocycles. The Labute approximate surface area is 77.5 Å². The Bertz CT molecular complexity index is 189. The average Bonchev–Trinajstić information content (AvgIpc) is 2.55. The van der Waals surface area contributed by atoms with Crippen LogP contribution in [0.2, 0.25) is 0 Å². The Hall–Kier alpha value is -0.320. The van der Waals surface area contributed by atoms with Gasteiger partial charge in [0.05, 0.1) is 4.91 Å². The number of carbonyl (C=O) groups excluding carboxylic acids is 1. The van der Waals surface area contributed by atoms with Crippen molar-refractivity contribution >= 4 is 18.2 Å². The van der Waals surface area contributed by atoms with Gasteiger partial charge in [-0.3, -0.25) is 4.79 Å². The molecule has 0 bridgehead atoms. The highest BCUT2D eigenvalue weighted by atomic mass is 32.2. The summed E-state index contributed by atoms with van der Waals surface area (Å²) in [6.45, 7) is 7.05. The first-order chi connectivity index (χ1) is 5.81. The van der Waals surface area contributed by atoms with Crippen molar-refractivity contribution in [3.63, 3.8) is 0 Å². The lowest BCUT2D eigenvalue weighted by molar-refractivity contribution is -0.104. The number of carbonyl (C=O) groups is 1. The van der Waals surface area contributed by atoms with Crippen LogP contribution in [0.25, 0.3) is 0 Å². The zero-order valence-electron chi connectivity index (χ0n) is 7.49. The van der Waals surface area contributed by atoms with Crippen LogP contribution >= 0.6 is 11.9 Å². The minimum Gasteiger partial charge on any atom is -0.297 e. The van der Waals surface area contributed by atoms with Gasteiger partial charge in [0, 0.05) is 19.6 Å². The fourth-order valence-electron chi connectivity index (χ4n) is 1.15. The van der Waals surface area contributed by atoms with Crippen LogP contribution in [-0.2, 0) is 4.79 Å². The molecule has 0 saturated carbocycles.